The Bertz CT molecular complexity index is 453. The van der Waals surface area contributed by atoms with Gasteiger partial charge in [-0.3, -0.25) is 0 Å². The van der Waals surface area contributed by atoms with Crippen LogP contribution < -0.4 is 0 Å². The fourth-order valence-electron chi connectivity index (χ4n) is 2.05. The Balaban J connectivity index is 2.77. The number of nitrogens with zero attached hydrogens (tertiary/aromatic N) is 1. The SMILES string of the molecule is CCCN(CCO)S(=O)(=O)CC(C)c1ccccc1. The molecule has 0 bridgehead atoms. The van der Waals surface area contributed by atoms with Crippen molar-refractivity contribution in [3.8, 4) is 0 Å². The zero-order valence-electron chi connectivity index (χ0n) is 11.6. The molecule has 0 aliphatic rings. The molecule has 108 valence electrons. The van der Waals surface area contributed by atoms with Crippen molar-refractivity contribution in [3.63, 3.8) is 0 Å². The summed E-state index contributed by atoms with van der Waals surface area (Å²) < 4.78 is 26.0. The molecule has 0 spiro atoms. The standard InChI is InChI=1S/C14H23NO3S/c1-3-9-15(10-11-16)19(17,18)12-13(2)14-7-5-4-6-8-14/h4-8,13,16H,3,9-12H2,1-2H3. The number of rotatable bonds is 8. The Morgan fingerprint density at radius 2 is 1.84 bits per heavy atom. The zero-order valence-corrected chi connectivity index (χ0v) is 12.4. The first kappa shape index (κ1) is 16.1. The predicted molar refractivity (Wildman–Crippen MR) is 77.6 cm³/mol. The number of hydrogen-bond donors (Lipinski definition) is 1. The van der Waals surface area contributed by atoms with Crippen LogP contribution >= 0.6 is 0 Å². The fraction of sp³-hybridized carbons (Fsp3) is 0.571. The van der Waals surface area contributed by atoms with E-state index in [1.807, 2.05) is 44.2 Å². The van der Waals surface area contributed by atoms with E-state index in [0.717, 1.165) is 12.0 Å². The van der Waals surface area contributed by atoms with Crippen molar-refractivity contribution in [3.05, 3.63) is 35.9 Å². The van der Waals surface area contributed by atoms with Gasteiger partial charge in [-0.2, -0.15) is 4.31 Å². The van der Waals surface area contributed by atoms with Gasteiger partial charge in [0.1, 0.15) is 0 Å². The minimum Gasteiger partial charge on any atom is -0.395 e. The molecule has 0 saturated heterocycles. The molecule has 0 fully saturated rings. The number of benzene rings is 1. The van der Waals surface area contributed by atoms with Gasteiger partial charge in [-0.15, -0.1) is 0 Å². The number of aliphatic hydroxyl groups is 1. The van der Waals surface area contributed by atoms with Gasteiger partial charge in [-0.1, -0.05) is 44.2 Å². The molecule has 1 atom stereocenters. The Morgan fingerprint density at radius 3 is 2.37 bits per heavy atom. The number of aliphatic hydroxyl groups excluding tert-OH is 1. The van der Waals surface area contributed by atoms with E-state index >= 15 is 0 Å². The van der Waals surface area contributed by atoms with Gasteiger partial charge in [0, 0.05) is 13.1 Å². The normalized spacial score (nSPS) is 13.7. The van der Waals surface area contributed by atoms with Crippen LogP contribution in [0.2, 0.25) is 0 Å². The van der Waals surface area contributed by atoms with Crippen LogP contribution in [-0.2, 0) is 10.0 Å². The summed E-state index contributed by atoms with van der Waals surface area (Å²) in [7, 11) is -3.32. The van der Waals surface area contributed by atoms with E-state index in [2.05, 4.69) is 0 Å². The average molecular weight is 285 g/mol. The molecule has 0 radical (unpaired) electrons. The molecule has 1 aromatic rings. The predicted octanol–water partition coefficient (Wildman–Crippen LogP) is 1.82. The van der Waals surface area contributed by atoms with E-state index in [1.165, 1.54) is 4.31 Å². The number of hydrogen-bond acceptors (Lipinski definition) is 3. The van der Waals surface area contributed by atoms with Crippen LogP contribution in [0.4, 0.5) is 0 Å². The lowest BCUT2D eigenvalue weighted by Gasteiger charge is -2.23. The van der Waals surface area contributed by atoms with Crippen molar-refractivity contribution in [2.75, 3.05) is 25.4 Å². The third-order valence-corrected chi connectivity index (χ3v) is 5.12. The third kappa shape index (κ3) is 4.93. The second kappa shape index (κ2) is 7.62. The molecule has 4 nitrogen and oxygen atoms in total. The lowest BCUT2D eigenvalue weighted by molar-refractivity contribution is 0.253. The number of sulfonamides is 1. The second-order valence-corrected chi connectivity index (χ2v) is 6.73. The molecule has 1 aromatic carbocycles. The summed E-state index contributed by atoms with van der Waals surface area (Å²) in [5.41, 5.74) is 1.02. The Hall–Kier alpha value is -0.910. The van der Waals surface area contributed by atoms with Gasteiger partial charge in [-0.25, -0.2) is 8.42 Å². The van der Waals surface area contributed by atoms with Gasteiger partial charge >= 0.3 is 0 Å². The first-order chi connectivity index (χ1) is 9.01. The highest BCUT2D eigenvalue weighted by molar-refractivity contribution is 7.89. The van der Waals surface area contributed by atoms with Crippen LogP contribution in [0.1, 0.15) is 31.7 Å². The maximum absolute atomic E-state index is 12.3. The molecule has 0 heterocycles. The van der Waals surface area contributed by atoms with Crippen molar-refractivity contribution in [2.24, 2.45) is 0 Å². The van der Waals surface area contributed by atoms with Gasteiger partial charge < -0.3 is 5.11 Å². The van der Waals surface area contributed by atoms with Crippen LogP contribution in [0.15, 0.2) is 30.3 Å². The van der Waals surface area contributed by atoms with Gasteiger partial charge in [0.05, 0.1) is 12.4 Å². The maximum Gasteiger partial charge on any atom is 0.214 e. The lowest BCUT2D eigenvalue weighted by Crippen LogP contribution is -2.37. The smallest absolute Gasteiger partial charge is 0.214 e. The largest absolute Gasteiger partial charge is 0.395 e. The Labute approximate surface area is 116 Å². The summed E-state index contributed by atoms with van der Waals surface area (Å²) in [6.45, 7) is 4.34. The minimum atomic E-state index is -3.32. The molecule has 19 heavy (non-hydrogen) atoms. The summed E-state index contributed by atoms with van der Waals surface area (Å²) >= 11 is 0. The first-order valence-corrected chi connectivity index (χ1v) is 8.25. The minimum absolute atomic E-state index is 0.0516. The van der Waals surface area contributed by atoms with E-state index in [1.54, 1.807) is 0 Å². The summed E-state index contributed by atoms with van der Waals surface area (Å²) in [6, 6.07) is 9.62. The molecule has 1 N–H and O–H groups in total. The molecule has 1 unspecified atom stereocenters. The second-order valence-electron chi connectivity index (χ2n) is 4.71. The maximum atomic E-state index is 12.3. The van der Waals surface area contributed by atoms with Gasteiger partial charge in [0.25, 0.3) is 0 Å². The lowest BCUT2D eigenvalue weighted by atomic mass is 10.0. The molecule has 0 amide bonds. The molecule has 0 aliphatic carbocycles. The van der Waals surface area contributed by atoms with Crippen LogP contribution in [0.3, 0.4) is 0 Å². The highest BCUT2D eigenvalue weighted by Gasteiger charge is 2.24. The Morgan fingerprint density at radius 1 is 1.21 bits per heavy atom. The Kier molecular flexibility index (Phi) is 6.48. The summed E-state index contributed by atoms with van der Waals surface area (Å²) in [6.07, 6.45) is 0.749. The zero-order chi connectivity index (χ0) is 14.3. The highest BCUT2D eigenvalue weighted by Crippen LogP contribution is 2.18. The van der Waals surface area contributed by atoms with Crippen LogP contribution in [-0.4, -0.2) is 43.3 Å². The third-order valence-electron chi connectivity index (χ3n) is 3.05. The first-order valence-electron chi connectivity index (χ1n) is 6.65. The fourth-order valence-corrected chi connectivity index (χ4v) is 3.91. The van der Waals surface area contributed by atoms with Crippen molar-refractivity contribution in [1.29, 1.82) is 0 Å². The van der Waals surface area contributed by atoms with Crippen molar-refractivity contribution < 1.29 is 13.5 Å². The van der Waals surface area contributed by atoms with Crippen LogP contribution in [0.25, 0.3) is 0 Å². The van der Waals surface area contributed by atoms with Gasteiger partial charge in [-0.05, 0) is 17.9 Å². The van der Waals surface area contributed by atoms with E-state index in [-0.39, 0.29) is 24.8 Å². The molecule has 5 heteroatoms. The van der Waals surface area contributed by atoms with Crippen molar-refractivity contribution >= 4 is 10.0 Å². The van der Waals surface area contributed by atoms with E-state index in [0.29, 0.717) is 6.54 Å². The van der Waals surface area contributed by atoms with Gasteiger partial charge in [0.2, 0.25) is 10.0 Å². The molecule has 0 aromatic heterocycles. The quantitative estimate of drug-likeness (QED) is 0.792. The highest BCUT2D eigenvalue weighted by atomic mass is 32.2. The monoisotopic (exact) mass is 285 g/mol. The molecule has 0 aliphatic heterocycles. The molecule has 0 saturated carbocycles. The summed E-state index contributed by atoms with van der Waals surface area (Å²) in [5.74, 6) is 0.0287. The molecule has 1 rings (SSSR count). The topological polar surface area (TPSA) is 57.6 Å². The van der Waals surface area contributed by atoms with E-state index in [9.17, 15) is 8.42 Å². The van der Waals surface area contributed by atoms with Gasteiger partial charge in [0.15, 0.2) is 0 Å². The van der Waals surface area contributed by atoms with Crippen molar-refractivity contribution in [2.45, 2.75) is 26.2 Å². The molecular formula is C14H23NO3S. The van der Waals surface area contributed by atoms with E-state index < -0.39 is 10.0 Å². The van der Waals surface area contributed by atoms with Crippen molar-refractivity contribution in [1.82, 2.24) is 4.31 Å². The van der Waals surface area contributed by atoms with E-state index in [4.69, 9.17) is 5.11 Å². The summed E-state index contributed by atoms with van der Waals surface area (Å²) in [4.78, 5) is 0. The van der Waals surface area contributed by atoms with Crippen LogP contribution in [0, 0.1) is 0 Å². The average Bonchev–Trinajstić information content (AvgIpc) is 2.39. The van der Waals surface area contributed by atoms with Crippen LogP contribution in [0.5, 0.6) is 0 Å². The molecular weight excluding hydrogens is 262 g/mol. The summed E-state index contributed by atoms with van der Waals surface area (Å²) in [5, 5.41) is 8.97.